The molecule has 2 aliphatic rings. The normalized spacial score (nSPS) is 28.6. The molecule has 1 saturated heterocycles. The van der Waals surface area contributed by atoms with Crippen molar-refractivity contribution in [2.75, 3.05) is 13.2 Å². The van der Waals surface area contributed by atoms with Crippen LogP contribution in [0, 0.1) is 5.92 Å². The van der Waals surface area contributed by atoms with Crippen LogP contribution in [-0.4, -0.2) is 13.2 Å². The van der Waals surface area contributed by atoms with Crippen LogP contribution in [0.2, 0.25) is 0 Å². The predicted octanol–water partition coefficient (Wildman–Crippen LogP) is 2.68. The van der Waals surface area contributed by atoms with E-state index in [1.807, 2.05) is 0 Å². The molecule has 0 aliphatic carbocycles. The summed E-state index contributed by atoms with van der Waals surface area (Å²) < 4.78 is 5.62. The summed E-state index contributed by atoms with van der Waals surface area (Å²) in [5.41, 5.74) is 2.91. The van der Waals surface area contributed by atoms with Crippen molar-refractivity contribution in [3.05, 3.63) is 29.3 Å². The lowest BCUT2D eigenvalue weighted by Crippen LogP contribution is -2.32. The Morgan fingerprint density at radius 1 is 1.31 bits per heavy atom. The molecule has 0 saturated carbocycles. The zero-order valence-corrected chi connectivity index (χ0v) is 9.83. The van der Waals surface area contributed by atoms with Gasteiger partial charge in [0, 0.05) is 18.0 Å². The Labute approximate surface area is 97.0 Å². The third kappa shape index (κ3) is 1.71. The molecule has 0 amide bonds. The Balaban J connectivity index is 1.87. The van der Waals surface area contributed by atoms with Crippen LogP contribution in [0.5, 0.6) is 5.75 Å². The summed E-state index contributed by atoms with van der Waals surface area (Å²) in [6, 6.07) is 7.03. The summed E-state index contributed by atoms with van der Waals surface area (Å²) in [6.07, 6.45) is 3.68. The predicted molar refractivity (Wildman–Crippen MR) is 64.8 cm³/mol. The molecule has 1 unspecified atom stereocenters. The fraction of sp³-hybridized carbons (Fsp3) is 0.571. The van der Waals surface area contributed by atoms with E-state index in [1.54, 1.807) is 0 Å². The number of fused-ring (bicyclic) bond motifs is 1. The summed E-state index contributed by atoms with van der Waals surface area (Å²) in [5, 5.41) is 3.66. The van der Waals surface area contributed by atoms with Crippen LogP contribution >= 0.6 is 0 Å². The summed E-state index contributed by atoms with van der Waals surface area (Å²) in [5.74, 6) is 1.93. The Bertz CT molecular complexity index is 380. The van der Waals surface area contributed by atoms with E-state index in [2.05, 4.69) is 30.4 Å². The molecule has 16 heavy (non-hydrogen) atoms. The van der Waals surface area contributed by atoms with E-state index >= 15 is 0 Å². The number of piperidine rings is 1. The van der Waals surface area contributed by atoms with Crippen LogP contribution < -0.4 is 10.1 Å². The van der Waals surface area contributed by atoms with Crippen LogP contribution in [0.4, 0.5) is 0 Å². The van der Waals surface area contributed by atoms with Gasteiger partial charge in [-0.05, 0) is 36.9 Å². The highest BCUT2D eigenvalue weighted by Crippen LogP contribution is 2.35. The Morgan fingerprint density at radius 2 is 2.25 bits per heavy atom. The Kier molecular flexibility index (Phi) is 2.60. The van der Waals surface area contributed by atoms with E-state index in [0.717, 1.165) is 31.2 Å². The fourth-order valence-electron chi connectivity index (χ4n) is 2.84. The maximum Gasteiger partial charge on any atom is 0.122 e. The van der Waals surface area contributed by atoms with Crippen molar-refractivity contribution in [1.82, 2.24) is 5.32 Å². The van der Waals surface area contributed by atoms with Gasteiger partial charge in [-0.15, -0.1) is 0 Å². The van der Waals surface area contributed by atoms with Crippen LogP contribution in [-0.2, 0) is 6.42 Å². The SMILES string of the molecule is C[C@H]1CCC(c2cccc3c2CCO3)NC1. The monoisotopic (exact) mass is 217 g/mol. The fourth-order valence-corrected chi connectivity index (χ4v) is 2.84. The molecule has 1 N–H and O–H groups in total. The van der Waals surface area contributed by atoms with Gasteiger partial charge in [0.05, 0.1) is 6.61 Å². The molecule has 1 aromatic rings. The van der Waals surface area contributed by atoms with Crippen molar-refractivity contribution < 1.29 is 4.74 Å². The number of benzene rings is 1. The zero-order chi connectivity index (χ0) is 11.0. The van der Waals surface area contributed by atoms with Gasteiger partial charge < -0.3 is 10.1 Å². The average Bonchev–Trinajstić information content (AvgIpc) is 2.78. The lowest BCUT2D eigenvalue weighted by atomic mass is 9.89. The van der Waals surface area contributed by atoms with Crippen molar-refractivity contribution in [1.29, 1.82) is 0 Å². The van der Waals surface area contributed by atoms with Crippen molar-refractivity contribution in [2.24, 2.45) is 5.92 Å². The van der Waals surface area contributed by atoms with Crippen molar-refractivity contribution >= 4 is 0 Å². The minimum Gasteiger partial charge on any atom is -0.493 e. The standard InChI is InChI=1S/C14H19NO/c1-10-5-6-13(15-9-10)11-3-2-4-14-12(11)7-8-16-14/h2-4,10,13,15H,5-9H2,1H3/t10-,13?/m0/s1. The molecule has 2 aliphatic heterocycles. The first kappa shape index (κ1) is 10.2. The maximum atomic E-state index is 5.62. The minimum absolute atomic E-state index is 0.549. The van der Waals surface area contributed by atoms with E-state index < -0.39 is 0 Å². The van der Waals surface area contributed by atoms with Gasteiger partial charge >= 0.3 is 0 Å². The third-order valence-corrected chi connectivity index (χ3v) is 3.82. The van der Waals surface area contributed by atoms with Crippen LogP contribution in [0.25, 0.3) is 0 Å². The highest BCUT2D eigenvalue weighted by Gasteiger charge is 2.24. The van der Waals surface area contributed by atoms with Gasteiger partial charge in [0.15, 0.2) is 0 Å². The topological polar surface area (TPSA) is 21.3 Å². The van der Waals surface area contributed by atoms with Gasteiger partial charge in [0.25, 0.3) is 0 Å². The van der Waals surface area contributed by atoms with Gasteiger partial charge in [-0.25, -0.2) is 0 Å². The molecule has 2 heterocycles. The Morgan fingerprint density at radius 3 is 3.06 bits per heavy atom. The minimum atomic E-state index is 0.549. The van der Waals surface area contributed by atoms with Crippen LogP contribution in [0.3, 0.4) is 0 Å². The first-order valence-electron chi connectivity index (χ1n) is 6.32. The van der Waals surface area contributed by atoms with Gasteiger partial charge in [0.2, 0.25) is 0 Å². The highest BCUT2D eigenvalue weighted by molar-refractivity contribution is 5.44. The second kappa shape index (κ2) is 4.10. The number of hydrogen-bond donors (Lipinski definition) is 1. The first-order valence-corrected chi connectivity index (χ1v) is 6.32. The molecule has 0 spiro atoms. The number of rotatable bonds is 1. The molecule has 1 aromatic carbocycles. The van der Waals surface area contributed by atoms with E-state index in [9.17, 15) is 0 Å². The quantitative estimate of drug-likeness (QED) is 0.781. The highest BCUT2D eigenvalue weighted by atomic mass is 16.5. The molecule has 3 rings (SSSR count). The summed E-state index contributed by atoms with van der Waals surface area (Å²) >= 11 is 0. The number of nitrogens with one attached hydrogen (secondary N) is 1. The summed E-state index contributed by atoms with van der Waals surface area (Å²) in [6.45, 7) is 4.33. The number of hydrogen-bond acceptors (Lipinski definition) is 2. The molecule has 0 radical (unpaired) electrons. The van der Waals surface area contributed by atoms with E-state index in [4.69, 9.17) is 4.74 Å². The van der Waals surface area contributed by atoms with Crippen molar-refractivity contribution in [2.45, 2.75) is 32.2 Å². The molecule has 0 aromatic heterocycles. The molecule has 0 bridgehead atoms. The molecular formula is C14H19NO. The first-order chi connectivity index (χ1) is 7.84. The van der Waals surface area contributed by atoms with Crippen molar-refractivity contribution in [3.8, 4) is 5.75 Å². The maximum absolute atomic E-state index is 5.62. The summed E-state index contributed by atoms with van der Waals surface area (Å²) in [4.78, 5) is 0. The van der Waals surface area contributed by atoms with Crippen LogP contribution in [0.1, 0.15) is 36.9 Å². The summed E-state index contributed by atoms with van der Waals surface area (Å²) in [7, 11) is 0. The van der Waals surface area contributed by atoms with Gasteiger partial charge in [-0.1, -0.05) is 19.1 Å². The van der Waals surface area contributed by atoms with E-state index in [-0.39, 0.29) is 0 Å². The lowest BCUT2D eigenvalue weighted by molar-refractivity contribution is 0.332. The van der Waals surface area contributed by atoms with Crippen molar-refractivity contribution in [3.63, 3.8) is 0 Å². The molecular weight excluding hydrogens is 198 g/mol. The average molecular weight is 217 g/mol. The largest absolute Gasteiger partial charge is 0.493 e. The third-order valence-electron chi connectivity index (χ3n) is 3.82. The molecule has 86 valence electrons. The van der Waals surface area contributed by atoms with Gasteiger partial charge in [-0.2, -0.15) is 0 Å². The van der Waals surface area contributed by atoms with Crippen LogP contribution in [0.15, 0.2) is 18.2 Å². The molecule has 2 nitrogen and oxygen atoms in total. The second-order valence-electron chi connectivity index (χ2n) is 5.07. The lowest BCUT2D eigenvalue weighted by Gasteiger charge is -2.29. The molecule has 2 heteroatoms. The smallest absolute Gasteiger partial charge is 0.122 e. The van der Waals surface area contributed by atoms with Gasteiger partial charge in [0.1, 0.15) is 5.75 Å². The molecule has 1 fully saturated rings. The Hall–Kier alpha value is -1.02. The second-order valence-corrected chi connectivity index (χ2v) is 5.07. The number of ether oxygens (including phenoxy) is 1. The molecule has 2 atom stereocenters. The zero-order valence-electron chi connectivity index (χ0n) is 9.83. The van der Waals surface area contributed by atoms with Gasteiger partial charge in [-0.3, -0.25) is 0 Å². The van der Waals surface area contributed by atoms with E-state index in [0.29, 0.717) is 6.04 Å². The van der Waals surface area contributed by atoms with E-state index in [1.165, 1.54) is 24.0 Å².